The van der Waals surface area contributed by atoms with Gasteiger partial charge in [0, 0.05) is 24.6 Å². The Labute approximate surface area is 246 Å². The van der Waals surface area contributed by atoms with E-state index in [2.05, 4.69) is 36.1 Å². The molecule has 0 heterocycles. The van der Waals surface area contributed by atoms with Gasteiger partial charge in [-0.1, -0.05) is 63.1 Å². The second-order valence-corrected chi connectivity index (χ2v) is 11.3. The quantitative estimate of drug-likeness (QED) is 0.0944. The summed E-state index contributed by atoms with van der Waals surface area (Å²) in [4.78, 5) is 26.1. The Morgan fingerprint density at radius 2 is 1.71 bits per heavy atom. The number of anilines is 3. The lowest BCUT2D eigenvalue weighted by Crippen LogP contribution is -2.33. The van der Waals surface area contributed by atoms with Crippen LogP contribution in [0.15, 0.2) is 66.5 Å². The van der Waals surface area contributed by atoms with Gasteiger partial charge in [0.15, 0.2) is 5.75 Å². The summed E-state index contributed by atoms with van der Waals surface area (Å²) in [7, 11) is 1.57. The maximum absolute atomic E-state index is 13.5. The number of carbonyl (C=O) groups excluding carboxylic acids is 2. The van der Waals surface area contributed by atoms with Crippen molar-refractivity contribution in [3.05, 3.63) is 94.3 Å². The molecule has 0 atom stereocenters. The van der Waals surface area contributed by atoms with Crippen LogP contribution in [0, 0.1) is 13.8 Å². The van der Waals surface area contributed by atoms with Crippen LogP contribution >= 0.6 is 11.9 Å². The van der Waals surface area contributed by atoms with E-state index in [1.807, 2.05) is 62.6 Å². The number of rotatable bonds is 10. The maximum Gasteiger partial charge on any atom is 0.268 e. The molecule has 0 radical (unpaired) electrons. The molecule has 0 aliphatic heterocycles. The van der Waals surface area contributed by atoms with E-state index < -0.39 is 5.91 Å². The number of hydrogen-bond donors (Lipinski definition) is 5. The third-order valence-electron chi connectivity index (χ3n) is 6.64. The molecule has 0 saturated heterocycles. The molecule has 0 aliphatic carbocycles. The molecule has 0 aliphatic rings. The summed E-state index contributed by atoms with van der Waals surface area (Å²) in [6, 6.07) is 16.9. The number of methoxy groups -OCH3 is 1. The number of nitrogens with two attached hydrogens (primary N) is 2. The molecule has 3 aromatic carbocycles. The molecule has 9 nitrogen and oxygen atoms in total. The van der Waals surface area contributed by atoms with Gasteiger partial charge in [0.05, 0.1) is 24.2 Å². The molecule has 3 aromatic rings. The number of aryl methyl sites for hydroxylation is 1. The SMILES string of the molecule is COc1c(NSC)cc(C(C)(C)C)cc1NC(=O)c1cc(C)c(C)c(N(N)/C=C(\N)C(=O)NCc2ccccc2)c1. The highest BCUT2D eigenvalue weighted by atomic mass is 32.2. The van der Waals surface area contributed by atoms with Crippen LogP contribution in [0.1, 0.15) is 53.4 Å². The first kappa shape index (κ1) is 31.4. The summed E-state index contributed by atoms with van der Waals surface area (Å²) in [5, 5.41) is 7.06. The first-order valence-electron chi connectivity index (χ1n) is 13.1. The summed E-state index contributed by atoms with van der Waals surface area (Å²) >= 11 is 1.44. The summed E-state index contributed by atoms with van der Waals surface area (Å²) in [6.07, 6.45) is 3.27. The molecule has 7 N–H and O–H groups in total. The third kappa shape index (κ3) is 7.96. The number of ether oxygens (including phenoxy) is 1. The van der Waals surface area contributed by atoms with Gasteiger partial charge >= 0.3 is 0 Å². The number of amides is 2. The molecule has 0 aromatic heterocycles. The standard InChI is InChI=1S/C31H40N6O3S/c1-19-13-22(29(38)35-25-15-23(31(3,4)5)16-26(36-41-7)28(25)40-6)14-27(20(19)2)37(33)18-24(32)30(39)34-17-21-11-9-8-10-12-21/h8-16,18,36H,17,32-33H2,1-7H3,(H,34,39)(H,35,38)/b24-18-. The molecular weight excluding hydrogens is 536 g/mol. The molecule has 0 saturated carbocycles. The van der Waals surface area contributed by atoms with Crippen molar-refractivity contribution in [2.75, 3.05) is 28.4 Å². The zero-order valence-corrected chi connectivity index (χ0v) is 25.5. The molecule has 0 unspecified atom stereocenters. The Bertz CT molecular complexity index is 1430. The van der Waals surface area contributed by atoms with Gasteiger partial charge in [0.2, 0.25) is 0 Å². The molecular formula is C31H40N6O3S. The predicted octanol–water partition coefficient (Wildman–Crippen LogP) is 5.35. The van der Waals surface area contributed by atoms with E-state index in [9.17, 15) is 9.59 Å². The highest BCUT2D eigenvalue weighted by molar-refractivity contribution is 7.99. The van der Waals surface area contributed by atoms with Gasteiger partial charge in [-0.3, -0.25) is 14.6 Å². The van der Waals surface area contributed by atoms with Crippen molar-refractivity contribution >= 4 is 40.8 Å². The molecule has 3 rings (SSSR count). The van der Waals surface area contributed by atoms with E-state index in [1.54, 1.807) is 19.2 Å². The van der Waals surface area contributed by atoms with Crippen LogP contribution < -0.4 is 36.7 Å². The van der Waals surface area contributed by atoms with E-state index >= 15 is 0 Å². The fraction of sp³-hybridized carbons (Fsp3) is 0.290. The zero-order valence-electron chi connectivity index (χ0n) is 24.7. The van der Waals surface area contributed by atoms with Crippen LogP contribution in [0.25, 0.3) is 0 Å². The number of carbonyl (C=O) groups is 2. The average molecular weight is 577 g/mol. The number of hydrogen-bond acceptors (Lipinski definition) is 8. The topological polar surface area (TPSA) is 135 Å². The molecule has 0 fully saturated rings. The first-order chi connectivity index (χ1) is 19.3. The van der Waals surface area contributed by atoms with Gasteiger partial charge in [-0.2, -0.15) is 0 Å². The van der Waals surface area contributed by atoms with Gasteiger partial charge in [-0.05, 0) is 65.8 Å². The molecule has 0 spiro atoms. The molecule has 10 heteroatoms. The van der Waals surface area contributed by atoms with Gasteiger partial charge in [0.1, 0.15) is 5.70 Å². The van der Waals surface area contributed by atoms with Gasteiger partial charge in [0.25, 0.3) is 11.8 Å². The van der Waals surface area contributed by atoms with Gasteiger partial charge in [-0.15, -0.1) is 0 Å². The smallest absolute Gasteiger partial charge is 0.268 e. The number of nitrogens with one attached hydrogen (secondary N) is 3. The van der Waals surface area contributed by atoms with Gasteiger partial charge < -0.3 is 25.8 Å². The highest BCUT2D eigenvalue weighted by Crippen LogP contribution is 2.40. The highest BCUT2D eigenvalue weighted by Gasteiger charge is 2.22. The number of hydrazine groups is 1. The van der Waals surface area contributed by atoms with E-state index in [4.69, 9.17) is 16.3 Å². The summed E-state index contributed by atoms with van der Waals surface area (Å²) < 4.78 is 8.92. The Morgan fingerprint density at radius 3 is 2.32 bits per heavy atom. The summed E-state index contributed by atoms with van der Waals surface area (Å²) in [5.41, 5.74) is 11.7. The van der Waals surface area contributed by atoms with Crippen LogP contribution in [0.5, 0.6) is 5.75 Å². The van der Waals surface area contributed by atoms with Gasteiger partial charge in [-0.25, -0.2) is 5.84 Å². The van der Waals surface area contributed by atoms with Crippen LogP contribution in [-0.2, 0) is 16.8 Å². The number of nitrogens with zero attached hydrogens (tertiary/aromatic N) is 1. The van der Waals surface area contributed by atoms with E-state index in [0.29, 0.717) is 29.2 Å². The fourth-order valence-electron chi connectivity index (χ4n) is 4.15. The van der Waals surface area contributed by atoms with Crippen molar-refractivity contribution in [1.82, 2.24) is 5.32 Å². The van der Waals surface area contributed by atoms with Crippen LogP contribution in [0.4, 0.5) is 17.1 Å². The van der Waals surface area contributed by atoms with Crippen molar-refractivity contribution in [3.8, 4) is 5.75 Å². The predicted molar refractivity (Wildman–Crippen MR) is 170 cm³/mol. The average Bonchev–Trinajstić information content (AvgIpc) is 2.93. The monoisotopic (exact) mass is 576 g/mol. The Kier molecular flexibility index (Phi) is 10.3. The molecule has 0 bridgehead atoms. The first-order valence-corrected chi connectivity index (χ1v) is 14.4. The second kappa shape index (κ2) is 13.5. The van der Waals surface area contributed by atoms with Crippen molar-refractivity contribution in [2.24, 2.45) is 11.6 Å². The van der Waals surface area contributed by atoms with Crippen molar-refractivity contribution in [3.63, 3.8) is 0 Å². The summed E-state index contributed by atoms with van der Waals surface area (Å²) in [6.45, 7) is 10.4. The molecule has 2 amide bonds. The number of benzene rings is 3. The largest absolute Gasteiger partial charge is 0.492 e. The van der Waals surface area contributed by atoms with Crippen LogP contribution in [0.3, 0.4) is 0 Å². The summed E-state index contributed by atoms with van der Waals surface area (Å²) in [5.74, 6) is 6.08. The van der Waals surface area contributed by atoms with Crippen molar-refractivity contribution in [1.29, 1.82) is 0 Å². The lowest BCUT2D eigenvalue weighted by Gasteiger charge is -2.24. The van der Waals surface area contributed by atoms with Crippen LogP contribution in [-0.4, -0.2) is 25.2 Å². The van der Waals surface area contributed by atoms with E-state index in [-0.39, 0.29) is 17.0 Å². The minimum absolute atomic E-state index is 0.0621. The second-order valence-electron chi connectivity index (χ2n) is 10.7. The Morgan fingerprint density at radius 1 is 1.05 bits per heavy atom. The van der Waals surface area contributed by atoms with Crippen LogP contribution in [0.2, 0.25) is 0 Å². The van der Waals surface area contributed by atoms with E-state index in [1.165, 1.54) is 23.2 Å². The molecule has 41 heavy (non-hydrogen) atoms. The fourth-order valence-corrected chi connectivity index (χ4v) is 4.52. The van der Waals surface area contributed by atoms with E-state index in [0.717, 1.165) is 27.9 Å². The zero-order chi connectivity index (χ0) is 30.3. The minimum Gasteiger partial charge on any atom is -0.492 e. The van der Waals surface area contributed by atoms with Crippen molar-refractivity contribution < 1.29 is 14.3 Å². The normalized spacial score (nSPS) is 11.6. The molecule has 218 valence electrons. The lowest BCUT2D eigenvalue weighted by atomic mass is 9.86. The van der Waals surface area contributed by atoms with Crippen molar-refractivity contribution in [2.45, 2.75) is 46.6 Å². The third-order valence-corrected chi connectivity index (χ3v) is 7.06. The lowest BCUT2D eigenvalue weighted by molar-refractivity contribution is -0.117. The Balaban J connectivity index is 1.88. The minimum atomic E-state index is -0.451. The Hall–Kier alpha value is -4.15. The maximum atomic E-state index is 13.5.